The Morgan fingerprint density at radius 3 is 3.00 bits per heavy atom. The summed E-state index contributed by atoms with van der Waals surface area (Å²) in [5.41, 5.74) is 10.3. The minimum absolute atomic E-state index is 0.423. The van der Waals surface area contributed by atoms with E-state index in [2.05, 4.69) is 28.9 Å². The van der Waals surface area contributed by atoms with Gasteiger partial charge < -0.3 is 15.4 Å². The molecule has 1 aliphatic carbocycles. The fourth-order valence-electron chi connectivity index (χ4n) is 3.80. The number of anilines is 1. The minimum atomic E-state index is 0.423. The van der Waals surface area contributed by atoms with E-state index in [1.165, 1.54) is 25.7 Å². The molecular formula is C21H27N5O. The van der Waals surface area contributed by atoms with Gasteiger partial charge in [0, 0.05) is 30.2 Å². The molecule has 2 fully saturated rings. The average Bonchev–Trinajstić information content (AvgIpc) is 3.20. The highest BCUT2D eigenvalue weighted by Gasteiger charge is 2.27. The van der Waals surface area contributed by atoms with Crippen LogP contribution in [0.3, 0.4) is 0 Å². The number of aromatic nitrogens is 2. The zero-order chi connectivity index (χ0) is 18.6. The molecule has 0 unspecified atom stereocenters. The van der Waals surface area contributed by atoms with Gasteiger partial charge in [-0.1, -0.05) is 19.8 Å². The minimum Gasteiger partial charge on any atom is -0.404 e. The average molecular weight is 365 g/mol. The van der Waals surface area contributed by atoms with Gasteiger partial charge in [0.2, 0.25) is 0 Å². The van der Waals surface area contributed by atoms with Gasteiger partial charge in [0.05, 0.1) is 35.6 Å². The topological polar surface area (TPSA) is 76.6 Å². The number of ether oxygens (including phenoxy) is 1. The van der Waals surface area contributed by atoms with Crippen molar-refractivity contribution >= 4 is 28.5 Å². The normalized spacial score (nSPS) is 23.3. The summed E-state index contributed by atoms with van der Waals surface area (Å²) in [6.07, 6.45) is 10.1. The van der Waals surface area contributed by atoms with Gasteiger partial charge in [-0.05, 0) is 37.0 Å². The second kappa shape index (κ2) is 8.05. The summed E-state index contributed by atoms with van der Waals surface area (Å²) in [5, 5.41) is 0. The number of allylic oxidation sites excluding steroid dienone is 1. The maximum absolute atomic E-state index is 5.85. The van der Waals surface area contributed by atoms with Crippen LogP contribution >= 0.6 is 0 Å². The molecule has 6 heteroatoms. The Hall–Kier alpha value is -2.47. The molecule has 1 aromatic heterocycles. The van der Waals surface area contributed by atoms with Crippen LogP contribution in [-0.4, -0.2) is 42.1 Å². The van der Waals surface area contributed by atoms with Crippen molar-refractivity contribution in [3.8, 4) is 0 Å². The Balaban J connectivity index is 1.51. The molecule has 142 valence electrons. The van der Waals surface area contributed by atoms with Gasteiger partial charge in [0.1, 0.15) is 6.73 Å². The van der Waals surface area contributed by atoms with Crippen molar-refractivity contribution in [3.05, 3.63) is 36.3 Å². The lowest BCUT2D eigenvalue weighted by molar-refractivity contribution is 0.201. The van der Waals surface area contributed by atoms with Crippen LogP contribution in [0, 0.1) is 5.92 Å². The second-order valence-electron chi connectivity index (χ2n) is 7.41. The van der Waals surface area contributed by atoms with Gasteiger partial charge in [-0.25, -0.2) is 4.98 Å². The number of hydrogen-bond donors (Lipinski definition) is 1. The number of hydrogen-bond acceptors (Lipinski definition) is 6. The van der Waals surface area contributed by atoms with Crippen LogP contribution in [0.4, 0.5) is 5.69 Å². The Morgan fingerprint density at radius 2 is 2.26 bits per heavy atom. The molecule has 1 aliphatic heterocycles. The van der Waals surface area contributed by atoms with Gasteiger partial charge in [0.25, 0.3) is 0 Å². The van der Waals surface area contributed by atoms with Crippen LogP contribution in [0.2, 0.25) is 0 Å². The van der Waals surface area contributed by atoms with Crippen LogP contribution in [0.25, 0.3) is 16.6 Å². The van der Waals surface area contributed by atoms with Gasteiger partial charge in [-0.2, -0.15) is 0 Å². The van der Waals surface area contributed by atoms with Crippen LogP contribution in [0.1, 0.15) is 38.3 Å². The van der Waals surface area contributed by atoms with Crippen molar-refractivity contribution in [2.45, 2.75) is 38.6 Å². The van der Waals surface area contributed by atoms with Crippen molar-refractivity contribution < 1.29 is 4.74 Å². The summed E-state index contributed by atoms with van der Waals surface area (Å²) in [5.74, 6) is 0.843. The van der Waals surface area contributed by atoms with Gasteiger partial charge >= 0.3 is 0 Å². The number of rotatable bonds is 6. The summed E-state index contributed by atoms with van der Waals surface area (Å²) >= 11 is 0. The molecule has 2 aliphatic rings. The van der Waals surface area contributed by atoms with Crippen molar-refractivity contribution in [1.82, 2.24) is 9.97 Å². The van der Waals surface area contributed by atoms with Crippen LogP contribution in [0.15, 0.2) is 35.6 Å². The summed E-state index contributed by atoms with van der Waals surface area (Å²) in [7, 11) is 0. The van der Waals surface area contributed by atoms with E-state index < -0.39 is 0 Å². The highest BCUT2D eigenvalue weighted by atomic mass is 16.5. The quantitative estimate of drug-likeness (QED) is 0.794. The van der Waals surface area contributed by atoms with E-state index in [0.29, 0.717) is 12.8 Å². The van der Waals surface area contributed by atoms with Crippen molar-refractivity contribution in [2.24, 2.45) is 16.6 Å². The molecule has 1 aromatic carbocycles. The van der Waals surface area contributed by atoms with E-state index in [9.17, 15) is 0 Å². The first-order chi connectivity index (χ1) is 13.3. The highest BCUT2D eigenvalue weighted by molar-refractivity contribution is 6.09. The molecule has 1 saturated heterocycles. The van der Waals surface area contributed by atoms with E-state index >= 15 is 0 Å². The largest absolute Gasteiger partial charge is 0.404 e. The van der Waals surface area contributed by atoms with Crippen LogP contribution < -0.4 is 10.6 Å². The zero-order valence-electron chi connectivity index (χ0n) is 15.8. The van der Waals surface area contributed by atoms with E-state index in [0.717, 1.165) is 47.1 Å². The molecule has 0 amide bonds. The predicted molar refractivity (Wildman–Crippen MR) is 110 cm³/mol. The number of nitrogens with two attached hydrogens (primary N) is 1. The molecule has 0 spiro atoms. The smallest absolute Gasteiger partial charge is 0.119 e. The first-order valence-electron chi connectivity index (χ1n) is 9.81. The SMILES string of the molecule is CCCC1CC(N=CC(=CN)c2cnc3ccc(N4CCOC4)cc3n2)C1. The molecule has 0 atom stereocenters. The Morgan fingerprint density at radius 1 is 1.37 bits per heavy atom. The number of aliphatic imine (C=N–C) groups is 1. The molecule has 4 rings (SSSR count). The maximum Gasteiger partial charge on any atom is 0.119 e. The molecular weight excluding hydrogens is 338 g/mol. The second-order valence-corrected chi connectivity index (χ2v) is 7.41. The third-order valence-electron chi connectivity index (χ3n) is 5.45. The standard InChI is InChI=1S/C21H27N5O/c1-2-3-15-8-17(9-15)23-12-16(11-22)21-13-24-19-5-4-18(10-20(19)25-21)26-6-7-27-14-26/h4-5,10-13,15,17H,2-3,6-9,14,22H2,1H3. The van der Waals surface area contributed by atoms with Crippen molar-refractivity contribution in [2.75, 3.05) is 24.8 Å². The summed E-state index contributed by atoms with van der Waals surface area (Å²) in [4.78, 5) is 16.2. The van der Waals surface area contributed by atoms with Crippen molar-refractivity contribution in [3.63, 3.8) is 0 Å². The van der Waals surface area contributed by atoms with E-state index in [4.69, 9.17) is 20.4 Å². The lowest BCUT2D eigenvalue weighted by Crippen LogP contribution is -2.27. The molecule has 27 heavy (non-hydrogen) atoms. The van der Waals surface area contributed by atoms with E-state index in [1.807, 2.05) is 12.3 Å². The summed E-state index contributed by atoms with van der Waals surface area (Å²) in [6.45, 7) is 4.53. The predicted octanol–water partition coefficient (Wildman–Crippen LogP) is 3.37. The number of benzene rings is 1. The molecule has 2 N–H and O–H groups in total. The third kappa shape index (κ3) is 3.95. The fourth-order valence-corrected chi connectivity index (χ4v) is 3.80. The fraction of sp³-hybridized carbons (Fsp3) is 0.476. The Kier molecular flexibility index (Phi) is 5.34. The van der Waals surface area contributed by atoms with E-state index in [-0.39, 0.29) is 0 Å². The molecule has 6 nitrogen and oxygen atoms in total. The van der Waals surface area contributed by atoms with Crippen LogP contribution in [-0.2, 0) is 4.74 Å². The summed E-state index contributed by atoms with van der Waals surface area (Å²) in [6, 6.07) is 6.55. The first kappa shape index (κ1) is 17.9. The Labute approximate surface area is 160 Å². The maximum atomic E-state index is 5.85. The third-order valence-corrected chi connectivity index (χ3v) is 5.45. The zero-order valence-corrected chi connectivity index (χ0v) is 15.8. The highest BCUT2D eigenvalue weighted by Crippen LogP contribution is 2.33. The molecule has 2 aromatic rings. The Bertz CT molecular complexity index is 851. The lowest BCUT2D eigenvalue weighted by Gasteiger charge is -2.32. The molecule has 1 saturated carbocycles. The number of fused-ring (bicyclic) bond motifs is 1. The van der Waals surface area contributed by atoms with Crippen LogP contribution in [0.5, 0.6) is 0 Å². The number of nitrogens with zero attached hydrogens (tertiary/aromatic N) is 4. The van der Waals surface area contributed by atoms with Gasteiger partial charge in [-0.15, -0.1) is 0 Å². The lowest BCUT2D eigenvalue weighted by atomic mass is 9.78. The molecule has 0 bridgehead atoms. The molecule has 2 heterocycles. The van der Waals surface area contributed by atoms with Gasteiger partial charge in [0.15, 0.2) is 0 Å². The van der Waals surface area contributed by atoms with Crippen molar-refractivity contribution in [1.29, 1.82) is 0 Å². The monoisotopic (exact) mass is 365 g/mol. The van der Waals surface area contributed by atoms with Gasteiger partial charge in [-0.3, -0.25) is 9.98 Å². The summed E-state index contributed by atoms with van der Waals surface area (Å²) < 4.78 is 5.44. The first-order valence-corrected chi connectivity index (χ1v) is 9.81. The molecule has 0 radical (unpaired) electrons. The van der Waals surface area contributed by atoms with E-state index in [1.54, 1.807) is 12.4 Å².